The number of fused-ring (bicyclic) bond motifs is 1. The molecule has 1 atom stereocenters. The van der Waals surface area contributed by atoms with Gasteiger partial charge in [0, 0.05) is 10.5 Å². The number of nitrogens with one attached hydrogen (secondary N) is 1. The molecule has 1 aromatic rings. The highest BCUT2D eigenvalue weighted by Gasteiger charge is 2.23. The van der Waals surface area contributed by atoms with Crippen molar-refractivity contribution >= 4 is 15.9 Å². The van der Waals surface area contributed by atoms with Gasteiger partial charge in [-0.05, 0) is 42.5 Å². The van der Waals surface area contributed by atoms with Crippen LogP contribution in [0.4, 0.5) is 0 Å². The molecule has 82 valence electrons. The minimum Gasteiger partial charge on any atom is -0.310 e. The SMILES string of the molecule is CC(C)CNC1CCc2c(Br)cccc21. The largest absolute Gasteiger partial charge is 0.310 e. The van der Waals surface area contributed by atoms with Crippen molar-refractivity contribution in [2.75, 3.05) is 6.54 Å². The zero-order chi connectivity index (χ0) is 10.8. The number of hydrogen-bond donors (Lipinski definition) is 1. The Kier molecular flexibility index (Phi) is 3.47. The van der Waals surface area contributed by atoms with E-state index in [9.17, 15) is 0 Å². The predicted octanol–water partition coefficient (Wildman–Crippen LogP) is 3.68. The van der Waals surface area contributed by atoms with Crippen molar-refractivity contribution < 1.29 is 0 Å². The van der Waals surface area contributed by atoms with E-state index in [2.05, 4.69) is 53.3 Å². The Morgan fingerprint density at radius 2 is 2.27 bits per heavy atom. The molecule has 1 unspecified atom stereocenters. The van der Waals surface area contributed by atoms with E-state index in [0.29, 0.717) is 6.04 Å². The Hall–Kier alpha value is -0.340. The van der Waals surface area contributed by atoms with Gasteiger partial charge >= 0.3 is 0 Å². The van der Waals surface area contributed by atoms with E-state index in [0.717, 1.165) is 12.5 Å². The quantitative estimate of drug-likeness (QED) is 0.881. The molecule has 0 saturated carbocycles. The third-order valence-corrected chi connectivity index (χ3v) is 3.73. The minimum atomic E-state index is 0.569. The van der Waals surface area contributed by atoms with Crippen LogP contribution in [0, 0.1) is 5.92 Å². The normalized spacial score (nSPS) is 19.6. The highest BCUT2D eigenvalue weighted by Crippen LogP contribution is 2.35. The molecule has 0 radical (unpaired) electrons. The maximum Gasteiger partial charge on any atom is 0.0326 e. The van der Waals surface area contributed by atoms with Crippen LogP contribution < -0.4 is 5.32 Å². The van der Waals surface area contributed by atoms with Crippen LogP contribution in [0.2, 0.25) is 0 Å². The molecule has 0 bridgehead atoms. The van der Waals surface area contributed by atoms with Crippen LogP contribution >= 0.6 is 15.9 Å². The van der Waals surface area contributed by atoms with Gasteiger partial charge in [0.05, 0.1) is 0 Å². The summed E-state index contributed by atoms with van der Waals surface area (Å²) < 4.78 is 1.27. The highest BCUT2D eigenvalue weighted by atomic mass is 79.9. The van der Waals surface area contributed by atoms with Crippen LogP contribution in [0.25, 0.3) is 0 Å². The molecule has 2 rings (SSSR count). The lowest BCUT2D eigenvalue weighted by atomic mass is 10.1. The standard InChI is InChI=1S/C13H18BrN/c1-9(2)8-15-13-7-6-10-11(13)4-3-5-12(10)14/h3-5,9,13,15H,6-8H2,1-2H3. The molecule has 1 aliphatic rings. The van der Waals surface area contributed by atoms with Gasteiger partial charge in [-0.3, -0.25) is 0 Å². The van der Waals surface area contributed by atoms with Gasteiger partial charge < -0.3 is 5.32 Å². The first kappa shape index (κ1) is 11.2. The van der Waals surface area contributed by atoms with Gasteiger partial charge in [-0.2, -0.15) is 0 Å². The topological polar surface area (TPSA) is 12.0 Å². The zero-order valence-electron chi connectivity index (χ0n) is 9.39. The van der Waals surface area contributed by atoms with E-state index in [-0.39, 0.29) is 0 Å². The molecule has 1 N–H and O–H groups in total. The summed E-state index contributed by atoms with van der Waals surface area (Å²) in [6.45, 7) is 5.62. The second kappa shape index (κ2) is 4.67. The summed E-state index contributed by atoms with van der Waals surface area (Å²) in [5.41, 5.74) is 2.99. The van der Waals surface area contributed by atoms with Gasteiger partial charge in [-0.1, -0.05) is 41.9 Å². The Labute approximate surface area is 100 Å². The molecule has 0 fully saturated rings. The molecular formula is C13H18BrN. The fourth-order valence-corrected chi connectivity index (χ4v) is 2.78. The van der Waals surface area contributed by atoms with Gasteiger partial charge in [0.15, 0.2) is 0 Å². The van der Waals surface area contributed by atoms with Crippen LogP contribution in [0.15, 0.2) is 22.7 Å². The summed E-state index contributed by atoms with van der Waals surface area (Å²) >= 11 is 3.63. The van der Waals surface area contributed by atoms with Crippen LogP contribution in [-0.2, 0) is 6.42 Å². The lowest BCUT2D eigenvalue weighted by Gasteiger charge is -2.15. The molecule has 1 nitrogen and oxygen atoms in total. The Balaban J connectivity index is 2.11. The van der Waals surface area contributed by atoms with Crippen LogP contribution in [0.1, 0.15) is 37.4 Å². The van der Waals surface area contributed by atoms with Crippen molar-refractivity contribution in [3.8, 4) is 0 Å². The smallest absolute Gasteiger partial charge is 0.0326 e. The third-order valence-electron chi connectivity index (χ3n) is 2.99. The van der Waals surface area contributed by atoms with E-state index >= 15 is 0 Å². The molecule has 1 aliphatic carbocycles. The van der Waals surface area contributed by atoms with Gasteiger partial charge in [-0.15, -0.1) is 0 Å². The first-order valence-corrected chi connectivity index (χ1v) is 6.48. The average Bonchev–Trinajstić information content (AvgIpc) is 2.59. The Bertz CT molecular complexity index is 346. The highest BCUT2D eigenvalue weighted by molar-refractivity contribution is 9.10. The van der Waals surface area contributed by atoms with Gasteiger partial charge in [0.25, 0.3) is 0 Å². The van der Waals surface area contributed by atoms with Crippen molar-refractivity contribution in [3.63, 3.8) is 0 Å². The minimum absolute atomic E-state index is 0.569. The predicted molar refractivity (Wildman–Crippen MR) is 68.0 cm³/mol. The third kappa shape index (κ3) is 2.43. The summed E-state index contributed by atoms with van der Waals surface area (Å²) in [4.78, 5) is 0. The fourth-order valence-electron chi connectivity index (χ4n) is 2.20. The molecule has 0 amide bonds. The molecule has 0 saturated heterocycles. The first-order valence-electron chi connectivity index (χ1n) is 5.69. The number of halogens is 1. The van der Waals surface area contributed by atoms with E-state index < -0.39 is 0 Å². The molecule has 0 aliphatic heterocycles. The van der Waals surface area contributed by atoms with Crippen LogP contribution in [0.5, 0.6) is 0 Å². The summed E-state index contributed by atoms with van der Waals surface area (Å²) in [6, 6.07) is 7.10. The second-order valence-electron chi connectivity index (χ2n) is 4.70. The van der Waals surface area contributed by atoms with Gasteiger partial charge in [-0.25, -0.2) is 0 Å². The van der Waals surface area contributed by atoms with Crippen molar-refractivity contribution in [1.29, 1.82) is 0 Å². The number of hydrogen-bond acceptors (Lipinski definition) is 1. The lowest BCUT2D eigenvalue weighted by Crippen LogP contribution is -2.23. The maximum atomic E-state index is 3.64. The molecule has 0 spiro atoms. The Morgan fingerprint density at radius 1 is 1.47 bits per heavy atom. The number of benzene rings is 1. The van der Waals surface area contributed by atoms with Crippen molar-refractivity contribution in [2.45, 2.75) is 32.7 Å². The molecule has 1 aromatic carbocycles. The first-order chi connectivity index (χ1) is 7.18. The van der Waals surface area contributed by atoms with Crippen LogP contribution in [-0.4, -0.2) is 6.54 Å². The summed E-state index contributed by atoms with van der Waals surface area (Å²) in [5.74, 6) is 0.723. The molecule has 0 heterocycles. The summed E-state index contributed by atoms with van der Waals surface area (Å²) in [5, 5.41) is 3.64. The summed E-state index contributed by atoms with van der Waals surface area (Å²) in [7, 11) is 0. The van der Waals surface area contributed by atoms with E-state index in [1.807, 2.05) is 0 Å². The average molecular weight is 268 g/mol. The van der Waals surface area contributed by atoms with Crippen LogP contribution in [0.3, 0.4) is 0 Å². The fraction of sp³-hybridized carbons (Fsp3) is 0.538. The zero-order valence-corrected chi connectivity index (χ0v) is 11.0. The Morgan fingerprint density at radius 3 is 3.00 bits per heavy atom. The second-order valence-corrected chi connectivity index (χ2v) is 5.56. The molecule has 2 heteroatoms. The van der Waals surface area contributed by atoms with Gasteiger partial charge in [0.2, 0.25) is 0 Å². The molecule has 0 aromatic heterocycles. The van der Waals surface area contributed by atoms with Crippen molar-refractivity contribution in [1.82, 2.24) is 5.32 Å². The van der Waals surface area contributed by atoms with Crippen molar-refractivity contribution in [3.05, 3.63) is 33.8 Å². The molecule has 15 heavy (non-hydrogen) atoms. The summed E-state index contributed by atoms with van der Waals surface area (Å²) in [6.07, 6.45) is 2.44. The monoisotopic (exact) mass is 267 g/mol. The lowest BCUT2D eigenvalue weighted by molar-refractivity contribution is 0.472. The van der Waals surface area contributed by atoms with E-state index in [4.69, 9.17) is 0 Å². The molecular weight excluding hydrogens is 250 g/mol. The van der Waals surface area contributed by atoms with E-state index in [1.165, 1.54) is 28.4 Å². The maximum absolute atomic E-state index is 3.64. The number of rotatable bonds is 3. The van der Waals surface area contributed by atoms with E-state index in [1.54, 1.807) is 0 Å². The van der Waals surface area contributed by atoms with Gasteiger partial charge in [0.1, 0.15) is 0 Å². The van der Waals surface area contributed by atoms with Crippen molar-refractivity contribution in [2.24, 2.45) is 5.92 Å².